The Kier molecular flexibility index (Phi) is 7.05. The lowest BCUT2D eigenvalue weighted by Gasteiger charge is -2.26. The molecule has 3 N–H and O–H groups in total. The Bertz CT molecular complexity index is 618. The molecule has 1 aromatic rings. The van der Waals surface area contributed by atoms with Gasteiger partial charge in [0.1, 0.15) is 5.82 Å². The Morgan fingerprint density at radius 3 is 2.54 bits per heavy atom. The number of halogens is 3. The molecule has 0 atom stereocenters. The van der Waals surface area contributed by atoms with E-state index >= 15 is 0 Å². The van der Waals surface area contributed by atoms with E-state index in [4.69, 9.17) is 0 Å². The molecule has 1 aliphatic heterocycles. The zero-order valence-corrected chi connectivity index (χ0v) is 14.2. The number of carbonyl (C=O) groups excluding carboxylic acids is 2. The van der Waals surface area contributed by atoms with Crippen molar-refractivity contribution in [3.63, 3.8) is 0 Å². The first-order valence-corrected chi connectivity index (χ1v) is 8.43. The van der Waals surface area contributed by atoms with Gasteiger partial charge in [0.2, 0.25) is 5.91 Å². The van der Waals surface area contributed by atoms with Gasteiger partial charge >= 0.3 is 12.2 Å². The molecule has 144 valence electrons. The van der Waals surface area contributed by atoms with Crippen LogP contribution in [0.4, 0.5) is 23.8 Å². The number of nitrogens with one attached hydrogen (secondary N) is 3. The molecular weight excluding hydrogens is 351 g/mol. The summed E-state index contributed by atoms with van der Waals surface area (Å²) in [6, 6.07) is 1.59. The Morgan fingerprint density at radius 1 is 1.12 bits per heavy atom. The van der Waals surface area contributed by atoms with Crippen molar-refractivity contribution in [2.75, 3.05) is 38.0 Å². The lowest BCUT2D eigenvalue weighted by molar-refractivity contribution is -0.137. The van der Waals surface area contributed by atoms with E-state index in [-0.39, 0.29) is 31.4 Å². The molecule has 0 unspecified atom stereocenters. The quantitative estimate of drug-likeness (QED) is 0.664. The number of nitrogens with zero attached hydrogens (tertiary/aromatic N) is 2. The van der Waals surface area contributed by atoms with Gasteiger partial charge in [0, 0.05) is 32.4 Å². The summed E-state index contributed by atoms with van der Waals surface area (Å²) < 4.78 is 38.5. The van der Waals surface area contributed by atoms with Crippen LogP contribution in [0.15, 0.2) is 18.3 Å². The smallest absolute Gasteiger partial charge is 0.368 e. The summed E-state index contributed by atoms with van der Waals surface area (Å²) in [6.07, 6.45) is -0.203. The molecule has 1 aromatic heterocycles. The van der Waals surface area contributed by atoms with Crippen LogP contribution >= 0.6 is 0 Å². The SMILES string of the molecule is O=C(NCCNc1ncccc1C(F)(F)F)NCC(=O)N1CCCCC1. The van der Waals surface area contributed by atoms with Gasteiger partial charge in [-0.1, -0.05) is 0 Å². The number of likely N-dealkylation sites (tertiary alicyclic amines) is 1. The van der Waals surface area contributed by atoms with E-state index in [1.165, 1.54) is 12.3 Å². The number of amides is 3. The molecule has 26 heavy (non-hydrogen) atoms. The van der Waals surface area contributed by atoms with Gasteiger partial charge in [0.05, 0.1) is 12.1 Å². The highest BCUT2D eigenvalue weighted by atomic mass is 19.4. The Balaban J connectivity index is 1.67. The van der Waals surface area contributed by atoms with Crippen LogP contribution < -0.4 is 16.0 Å². The third-order valence-corrected chi connectivity index (χ3v) is 3.93. The van der Waals surface area contributed by atoms with Gasteiger partial charge in [0.25, 0.3) is 0 Å². The fraction of sp³-hybridized carbons (Fsp3) is 0.562. The Morgan fingerprint density at radius 2 is 1.85 bits per heavy atom. The average Bonchev–Trinajstić information content (AvgIpc) is 2.63. The van der Waals surface area contributed by atoms with Gasteiger partial charge in [-0.3, -0.25) is 4.79 Å². The summed E-state index contributed by atoms with van der Waals surface area (Å²) in [5.74, 6) is -0.427. The molecule has 3 amide bonds. The molecule has 0 radical (unpaired) electrons. The minimum absolute atomic E-state index is 0.0631. The number of urea groups is 1. The molecule has 0 aromatic carbocycles. The highest BCUT2D eigenvalue weighted by molar-refractivity contribution is 5.84. The first kappa shape index (κ1) is 19.8. The van der Waals surface area contributed by atoms with Crippen molar-refractivity contribution >= 4 is 17.8 Å². The number of carbonyl (C=O) groups is 2. The molecule has 0 saturated carbocycles. The van der Waals surface area contributed by atoms with Crippen molar-refractivity contribution in [2.45, 2.75) is 25.4 Å². The monoisotopic (exact) mass is 373 g/mol. The third-order valence-electron chi connectivity index (χ3n) is 3.93. The summed E-state index contributed by atoms with van der Waals surface area (Å²) in [5, 5.41) is 7.47. The number of hydrogen-bond acceptors (Lipinski definition) is 4. The fourth-order valence-electron chi connectivity index (χ4n) is 2.61. The number of hydrogen-bond donors (Lipinski definition) is 3. The van der Waals surface area contributed by atoms with Crippen molar-refractivity contribution < 1.29 is 22.8 Å². The number of pyridine rings is 1. The molecule has 0 spiro atoms. The van der Waals surface area contributed by atoms with Gasteiger partial charge in [-0.15, -0.1) is 0 Å². The summed E-state index contributed by atoms with van der Waals surface area (Å²) >= 11 is 0. The normalized spacial score (nSPS) is 14.7. The fourth-order valence-corrected chi connectivity index (χ4v) is 2.61. The molecule has 0 aliphatic carbocycles. The maximum Gasteiger partial charge on any atom is 0.419 e. The predicted octanol–water partition coefficient (Wildman–Crippen LogP) is 1.82. The molecule has 1 aliphatic rings. The van der Waals surface area contributed by atoms with Gasteiger partial charge < -0.3 is 20.9 Å². The zero-order chi connectivity index (χ0) is 19.0. The standard InChI is InChI=1S/C16H22F3N5O2/c17-16(18,19)12-5-4-6-20-14(12)21-7-8-22-15(26)23-11-13(25)24-9-2-1-3-10-24/h4-6H,1-3,7-11H2,(H,20,21)(H2,22,23,26). The van der Waals surface area contributed by atoms with Crippen LogP contribution in [0.2, 0.25) is 0 Å². The lowest BCUT2D eigenvalue weighted by Crippen LogP contribution is -2.45. The van der Waals surface area contributed by atoms with Crippen LogP contribution in [0.5, 0.6) is 0 Å². The summed E-state index contributed by atoms with van der Waals surface area (Å²) in [4.78, 5) is 28.9. The van der Waals surface area contributed by atoms with Crippen molar-refractivity contribution in [1.29, 1.82) is 0 Å². The Hall–Kier alpha value is -2.52. The maximum absolute atomic E-state index is 12.8. The van der Waals surface area contributed by atoms with Crippen LogP contribution in [0.3, 0.4) is 0 Å². The van der Waals surface area contributed by atoms with E-state index in [9.17, 15) is 22.8 Å². The molecular formula is C16H22F3N5O2. The number of alkyl halides is 3. The van der Waals surface area contributed by atoms with E-state index in [1.54, 1.807) is 4.90 Å². The van der Waals surface area contributed by atoms with Gasteiger partial charge in [-0.05, 0) is 31.4 Å². The topological polar surface area (TPSA) is 86.4 Å². The molecule has 10 heteroatoms. The number of aromatic nitrogens is 1. The summed E-state index contributed by atoms with van der Waals surface area (Å²) in [6.45, 7) is 1.46. The van der Waals surface area contributed by atoms with E-state index < -0.39 is 17.8 Å². The van der Waals surface area contributed by atoms with Crippen LogP contribution in [0.25, 0.3) is 0 Å². The summed E-state index contributed by atoms with van der Waals surface area (Å²) in [7, 11) is 0. The van der Waals surface area contributed by atoms with Crippen LogP contribution in [-0.4, -0.2) is 54.5 Å². The third kappa shape index (κ3) is 6.08. The van der Waals surface area contributed by atoms with E-state index in [1.807, 2.05) is 0 Å². The van der Waals surface area contributed by atoms with Gasteiger partial charge in [0.15, 0.2) is 0 Å². The molecule has 2 heterocycles. The second-order valence-corrected chi connectivity index (χ2v) is 5.88. The van der Waals surface area contributed by atoms with Crippen molar-refractivity contribution in [1.82, 2.24) is 20.5 Å². The first-order chi connectivity index (χ1) is 12.4. The minimum Gasteiger partial charge on any atom is -0.368 e. The molecule has 2 rings (SSSR count). The van der Waals surface area contributed by atoms with Crippen molar-refractivity contribution in [3.8, 4) is 0 Å². The van der Waals surface area contributed by atoms with Crippen molar-refractivity contribution in [3.05, 3.63) is 23.9 Å². The molecule has 7 nitrogen and oxygen atoms in total. The average molecular weight is 373 g/mol. The van der Waals surface area contributed by atoms with Crippen LogP contribution in [0.1, 0.15) is 24.8 Å². The molecule has 1 fully saturated rings. The Labute approximate surface area is 149 Å². The second-order valence-electron chi connectivity index (χ2n) is 5.88. The van der Waals surface area contributed by atoms with E-state index in [2.05, 4.69) is 20.9 Å². The van der Waals surface area contributed by atoms with Crippen LogP contribution in [0, 0.1) is 0 Å². The largest absolute Gasteiger partial charge is 0.419 e. The minimum atomic E-state index is -4.50. The zero-order valence-electron chi connectivity index (χ0n) is 14.2. The molecule has 1 saturated heterocycles. The molecule has 0 bridgehead atoms. The van der Waals surface area contributed by atoms with Gasteiger partial charge in [-0.25, -0.2) is 9.78 Å². The number of piperidine rings is 1. The first-order valence-electron chi connectivity index (χ1n) is 8.43. The highest BCUT2D eigenvalue weighted by Gasteiger charge is 2.33. The highest BCUT2D eigenvalue weighted by Crippen LogP contribution is 2.33. The van der Waals surface area contributed by atoms with E-state index in [0.29, 0.717) is 13.1 Å². The summed E-state index contributed by atoms with van der Waals surface area (Å²) in [5.41, 5.74) is -0.864. The van der Waals surface area contributed by atoms with Gasteiger partial charge in [-0.2, -0.15) is 13.2 Å². The van der Waals surface area contributed by atoms with Crippen LogP contribution in [-0.2, 0) is 11.0 Å². The number of anilines is 1. The second kappa shape index (κ2) is 9.25. The lowest BCUT2D eigenvalue weighted by atomic mass is 10.1. The van der Waals surface area contributed by atoms with E-state index in [0.717, 1.165) is 25.3 Å². The predicted molar refractivity (Wildman–Crippen MR) is 89.6 cm³/mol. The van der Waals surface area contributed by atoms with Crippen molar-refractivity contribution in [2.24, 2.45) is 0 Å². The number of rotatable bonds is 6. The maximum atomic E-state index is 12.8.